The Labute approximate surface area is 135 Å². The van der Waals surface area contributed by atoms with E-state index in [-0.39, 0.29) is 5.69 Å². The summed E-state index contributed by atoms with van der Waals surface area (Å²) in [5.41, 5.74) is 1.06. The second kappa shape index (κ2) is 7.90. The van der Waals surface area contributed by atoms with Crippen molar-refractivity contribution < 1.29 is 4.79 Å². The highest BCUT2D eigenvalue weighted by atomic mass is 16.1. The van der Waals surface area contributed by atoms with Gasteiger partial charge in [-0.25, -0.2) is 0 Å². The lowest BCUT2D eigenvalue weighted by atomic mass is 10.1. The fourth-order valence-electron chi connectivity index (χ4n) is 1.91. The largest absolute Gasteiger partial charge is 0.369 e. The number of aromatic nitrogens is 2. The van der Waals surface area contributed by atoms with Crippen LogP contribution in [-0.4, -0.2) is 22.6 Å². The summed E-state index contributed by atoms with van der Waals surface area (Å²) in [6, 6.07) is 12.2. The van der Waals surface area contributed by atoms with Crippen LogP contribution < -0.4 is 10.6 Å². The molecular weight excluding hydrogens is 290 g/mol. The molecule has 2 rings (SSSR count). The zero-order valence-electron chi connectivity index (χ0n) is 13.2. The third-order valence-corrected chi connectivity index (χ3v) is 3.22. The first kappa shape index (κ1) is 16.4. The molecular formula is C17H19N5O. The van der Waals surface area contributed by atoms with Gasteiger partial charge in [0, 0.05) is 6.54 Å². The lowest BCUT2D eigenvalue weighted by molar-refractivity contribution is 0.102. The first-order valence-electron chi connectivity index (χ1n) is 7.48. The molecule has 0 saturated heterocycles. The highest BCUT2D eigenvalue weighted by Crippen LogP contribution is 2.14. The number of rotatable bonds is 6. The Balaban J connectivity index is 1.99. The molecule has 0 unspecified atom stereocenters. The van der Waals surface area contributed by atoms with Crippen molar-refractivity contribution >= 4 is 17.4 Å². The van der Waals surface area contributed by atoms with Gasteiger partial charge in [-0.05, 0) is 36.6 Å². The fourth-order valence-corrected chi connectivity index (χ4v) is 1.91. The molecule has 0 aliphatic heterocycles. The number of amides is 1. The summed E-state index contributed by atoms with van der Waals surface area (Å²) in [7, 11) is 0. The topological polar surface area (TPSA) is 90.7 Å². The van der Waals surface area contributed by atoms with Crippen molar-refractivity contribution in [2.45, 2.75) is 20.3 Å². The SMILES string of the molecule is CC(C)CCNc1ccc(C(=O)Nc2ccccc2C#N)nn1. The average Bonchev–Trinajstić information content (AvgIpc) is 2.55. The van der Waals surface area contributed by atoms with Gasteiger partial charge in [-0.1, -0.05) is 26.0 Å². The lowest BCUT2D eigenvalue weighted by Gasteiger charge is -2.08. The molecule has 0 aliphatic rings. The highest BCUT2D eigenvalue weighted by molar-refractivity contribution is 6.03. The number of carbonyl (C=O) groups is 1. The van der Waals surface area contributed by atoms with Crippen molar-refractivity contribution in [3.8, 4) is 6.07 Å². The summed E-state index contributed by atoms with van der Waals surface area (Å²) >= 11 is 0. The number of nitrogens with one attached hydrogen (secondary N) is 2. The van der Waals surface area contributed by atoms with Crippen LogP contribution in [0.4, 0.5) is 11.5 Å². The van der Waals surface area contributed by atoms with E-state index in [1.807, 2.05) is 6.07 Å². The molecule has 0 atom stereocenters. The smallest absolute Gasteiger partial charge is 0.276 e. The maximum atomic E-state index is 12.2. The van der Waals surface area contributed by atoms with Crippen LogP contribution in [-0.2, 0) is 0 Å². The molecule has 0 saturated carbocycles. The first-order valence-corrected chi connectivity index (χ1v) is 7.48. The van der Waals surface area contributed by atoms with Crippen molar-refractivity contribution in [3.63, 3.8) is 0 Å². The molecule has 0 radical (unpaired) electrons. The molecule has 6 heteroatoms. The predicted octanol–water partition coefficient (Wildman–Crippen LogP) is 3.06. The molecule has 118 valence electrons. The monoisotopic (exact) mass is 309 g/mol. The van der Waals surface area contributed by atoms with Crippen LogP contribution in [0, 0.1) is 17.2 Å². The summed E-state index contributed by atoms with van der Waals surface area (Å²) in [5, 5.41) is 22.8. The highest BCUT2D eigenvalue weighted by Gasteiger charge is 2.10. The Bertz CT molecular complexity index is 704. The Kier molecular flexibility index (Phi) is 5.64. The van der Waals surface area contributed by atoms with Crippen molar-refractivity contribution in [1.29, 1.82) is 5.26 Å². The maximum absolute atomic E-state index is 12.2. The number of benzene rings is 1. The van der Waals surface area contributed by atoms with Gasteiger partial charge >= 0.3 is 0 Å². The van der Waals surface area contributed by atoms with Gasteiger partial charge in [-0.15, -0.1) is 10.2 Å². The van der Waals surface area contributed by atoms with E-state index in [0.717, 1.165) is 13.0 Å². The summed E-state index contributed by atoms with van der Waals surface area (Å²) in [6.45, 7) is 5.12. The van der Waals surface area contributed by atoms with Crippen LogP contribution in [0.5, 0.6) is 0 Å². The molecule has 0 fully saturated rings. The standard InChI is InChI=1S/C17H19N5O/c1-12(2)9-10-19-16-8-7-15(21-22-16)17(23)20-14-6-4-3-5-13(14)11-18/h3-8,12H,9-10H2,1-2H3,(H,19,22)(H,20,23). The lowest BCUT2D eigenvalue weighted by Crippen LogP contribution is -2.16. The second-order valence-corrected chi connectivity index (χ2v) is 5.52. The third kappa shape index (κ3) is 4.78. The molecule has 0 aliphatic carbocycles. The van der Waals surface area contributed by atoms with Gasteiger partial charge in [0.25, 0.3) is 5.91 Å². The van der Waals surface area contributed by atoms with Crippen LogP contribution in [0.25, 0.3) is 0 Å². The van der Waals surface area contributed by atoms with Crippen molar-refractivity contribution in [2.24, 2.45) is 5.92 Å². The molecule has 0 spiro atoms. The minimum atomic E-state index is -0.395. The Hall–Kier alpha value is -2.94. The van der Waals surface area contributed by atoms with E-state index in [1.54, 1.807) is 36.4 Å². The zero-order valence-corrected chi connectivity index (χ0v) is 13.2. The second-order valence-electron chi connectivity index (χ2n) is 5.52. The van der Waals surface area contributed by atoms with Gasteiger partial charge in [-0.3, -0.25) is 4.79 Å². The summed E-state index contributed by atoms with van der Waals surface area (Å²) < 4.78 is 0. The molecule has 23 heavy (non-hydrogen) atoms. The van der Waals surface area contributed by atoms with E-state index in [0.29, 0.717) is 23.0 Å². The van der Waals surface area contributed by atoms with E-state index in [9.17, 15) is 4.79 Å². The normalized spacial score (nSPS) is 10.2. The Morgan fingerprint density at radius 1 is 1.22 bits per heavy atom. The number of hydrogen-bond acceptors (Lipinski definition) is 5. The van der Waals surface area contributed by atoms with Crippen LogP contribution in [0.3, 0.4) is 0 Å². The van der Waals surface area contributed by atoms with Gasteiger partial charge in [-0.2, -0.15) is 5.26 Å². The molecule has 1 amide bonds. The summed E-state index contributed by atoms with van der Waals surface area (Å²) in [4.78, 5) is 12.2. The van der Waals surface area contributed by atoms with E-state index in [4.69, 9.17) is 5.26 Å². The van der Waals surface area contributed by atoms with Crippen LogP contribution >= 0.6 is 0 Å². The van der Waals surface area contributed by atoms with E-state index >= 15 is 0 Å². The van der Waals surface area contributed by atoms with E-state index in [1.165, 1.54) is 0 Å². The van der Waals surface area contributed by atoms with Crippen LogP contribution in [0.2, 0.25) is 0 Å². The Morgan fingerprint density at radius 3 is 2.65 bits per heavy atom. The summed E-state index contributed by atoms with van der Waals surface area (Å²) in [5.74, 6) is 0.856. The summed E-state index contributed by atoms with van der Waals surface area (Å²) in [6.07, 6.45) is 1.04. The number of nitriles is 1. The number of nitrogens with zero attached hydrogens (tertiary/aromatic N) is 3. The van der Waals surface area contributed by atoms with Gasteiger partial charge in [0.1, 0.15) is 11.9 Å². The number of para-hydroxylation sites is 1. The first-order chi connectivity index (χ1) is 11.1. The predicted molar refractivity (Wildman–Crippen MR) is 89.1 cm³/mol. The number of carbonyl (C=O) groups excluding carboxylic acids is 1. The minimum Gasteiger partial charge on any atom is -0.369 e. The van der Waals surface area contributed by atoms with Gasteiger partial charge in [0.2, 0.25) is 0 Å². The van der Waals surface area contributed by atoms with Gasteiger partial charge in [0.05, 0.1) is 11.3 Å². The fraction of sp³-hybridized carbons (Fsp3) is 0.294. The number of hydrogen-bond donors (Lipinski definition) is 2. The van der Waals surface area contributed by atoms with Crippen LogP contribution in [0.1, 0.15) is 36.3 Å². The third-order valence-electron chi connectivity index (χ3n) is 3.22. The van der Waals surface area contributed by atoms with Crippen molar-refractivity contribution in [2.75, 3.05) is 17.2 Å². The molecule has 2 aromatic rings. The molecule has 0 bridgehead atoms. The van der Waals surface area contributed by atoms with Crippen LogP contribution in [0.15, 0.2) is 36.4 Å². The quantitative estimate of drug-likeness (QED) is 0.855. The van der Waals surface area contributed by atoms with Gasteiger partial charge in [0.15, 0.2) is 5.69 Å². The van der Waals surface area contributed by atoms with E-state index in [2.05, 4.69) is 34.7 Å². The zero-order chi connectivity index (χ0) is 16.7. The molecule has 1 aromatic carbocycles. The molecule has 1 heterocycles. The van der Waals surface area contributed by atoms with Crippen molar-refractivity contribution in [1.82, 2.24) is 10.2 Å². The minimum absolute atomic E-state index is 0.201. The maximum Gasteiger partial charge on any atom is 0.276 e. The Morgan fingerprint density at radius 2 is 2.00 bits per heavy atom. The van der Waals surface area contributed by atoms with E-state index < -0.39 is 5.91 Å². The number of anilines is 2. The molecule has 1 aromatic heterocycles. The molecule has 2 N–H and O–H groups in total. The van der Waals surface area contributed by atoms with Gasteiger partial charge < -0.3 is 10.6 Å². The molecule has 6 nitrogen and oxygen atoms in total. The van der Waals surface area contributed by atoms with Crippen molar-refractivity contribution in [3.05, 3.63) is 47.7 Å². The average molecular weight is 309 g/mol.